The minimum absolute atomic E-state index is 0.558. The standard InChI is InChI=1S/C19H22N6O/c1-2-15(1)16-11-19(22-13-21-16)26-12-14-5-8-24(9-6-14)18-4-3-17-20-7-10-25(17)23-18/h3-4,7,10-11,13-15H,1-2,5-6,8-9,12H2. The van der Waals surface area contributed by atoms with Crippen LogP contribution in [-0.2, 0) is 0 Å². The summed E-state index contributed by atoms with van der Waals surface area (Å²) in [5.74, 6) is 2.92. The number of hydrogen-bond acceptors (Lipinski definition) is 6. The molecule has 1 aliphatic heterocycles. The molecule has 26 heavy (non-hydrogen) atoms. The van der Waals surface area contributed by atoms with E-state index in [1.165, 1.54) is 12.8 Å². The summed E-state index contributed by atoms with van der Waals surface area (Å²) >= 11 is 0. The Labute approximate surface area is 152 Å². The van der Waals surface area contributed by atoms with Crippen LogP contribution in [0.3, 0.4) is 0 Å². The van der Waals surface area contributed by atoms with Crippen molar-refractivity contribution in [1.82, 2.24) is 24.6 Å². The summed E-state index contributed by atoms with van der Waals surface area (Å²) < 4.78 is 7.79. The second-order valence-electron chi connectivity index (χ2n) is 7.22. The average molecular weight is 350 g/mol. The molecule has 4 heterocycles. The van der Waals surface area contributed by atoms with Crippen molar-refractivity contribution in [3.8, 4) is 5.88 Å². The molecule has 0 unspecified atom stereocenters. The molecule has 2 fully saturated rings. The molecular formula is C19H22N6O. The maximum Gasteiger partial charge on any atom is 0.216 e. The van der Waals surface area contributed by atoms with Crippen molar-refractivity contribution in [2.24, 2.45) is 5.92 Å². The van der Waals surface area contributed by atoms with Crippen molar-refractivity contribution in [2.45, 2.75) is 31.6 Å². The molecule has 7 heteroatoms. The molecule has 0 atom stereocenters. The van der Waals surface area contributed by atoms with Crippen molar-refractivity contribution in [3.05, 3.63) is 42.6 Å². The molecular weight excluding hydrogens is 328 g/mol. The maximum atomic E-state index is 5.95. The molecule has 0 amide bonds. The van der Waals surface area contributed by atoms with Gasteiger partial charge in [0.05, 0.1) is 12.3 Å². The predicted octanol–water partition coefficient (Wildman–Crippen LogP) is 2.69. The van der Waals surface area contributed by atoms with E-state index in [4.69, 9.17) is 4.74 Å². The van der Waals surface area contributed by atoms with E-state index >= 15 is 0 Å². The summed E-state index contributed by atoms with van der Waals surface area (Å²) in [6, 6.07) is 6.08. The number of nitrogens with zero attached hydrogens (tertiary/aromatic N) is 6. The highest BCUT2D eigenvalue weighted by atomic mass is 16.5. The summed E-state index contributed by atoms with van der Waals surface area (Å²) in [6.45, 7) is 2.72. The van der Waals surface area contributed by atoms with Crippen molar-refractivity contribution in [3.63, 3.8) is 0 Å². The molecule has 3 aromatic rings. The number of aromatic nitrogens is 5. The molecule has 0 spiro atoms. The quantitative estimate of drug-likeness (QED) is 0.705. The van der Waals surface area contributed by atoms with Crippen LogP contribution in [-0.4, -0.2) is 44.3 Å². The van der Waals surface area contributed by atoms with Gasteiger partial charge in [-0.1, -0.05) is 0 Å². The molecule has 1 saturated heterocycles. The predicted molar refractivity (Wildman–Crippen MR) is 97.4 cm³/mol. The molecule has 1 aliphatic carbocycles. The van der Waals surface area contributed by atoms with Crippen molar-refractivity contribution in [1.29, 1.82) is 0 Å². The highest BCUT2D eigenvalue weighted by molar-refractivity contribution is 5.45. The second-order valence-corrected chi connectivity index (χ2v) is 7.22. The van der Waals surface area contributed by atoms with E-state index in [0.717, 1.165) is 55.6 Å². The second kappa shape index (κ2) is 6.55. The Bertz CT molecular complexity index is 898. The van der Waals surface area contributed by atoms with Gasteiger partial charge in [-0.2, -0.15) is 0 Å². The Morgan fingerprint density at radius 2 is 1.92 bits per heavy atom. The Balaban J connectivity index is 1.16. The van der Waals surface area contributed by atoms with Crippen LogP contribution in [0, 0.1) is 5.92 Å². The van der Waals surface area contributed by atoms with E-state index in [-0.39, 0.29) is 0 Å². The molecule has 134 valence electrons. The van der Waals surface area contributed by atoms with E-state index in [1.807, 2.05) is 22.8 Å². The molecule has 1 saturated carbocycles. The average Bonchev–Trinajstić information content (AvgIpc) is 3.44. The minimum Gasteiger partial charge on any atom is -0.477 e. The number of piperidine rings is 1. The number of fused-ring (bicyclic) bond motifs is 1. The molecule has 7 nitrogen and oxygen atoms in total. The zero-order valence-electron chi connectivity index (χ0n) is 14.7. The Kier molecular flexibility index (Phi) is 3.92. The SMILES string of the molecule is c1nc(OCC2CCN(c3ccc4nccn4n3)CC2)cc(C2CC2)n1. The van der Waals surface area contributed by atoms with E-state index in [1.54, 1.807) is 12.5 Å². The van der Waals surface area contributed by atoms with Gasteiger partial charge >= 0.3 is 0 Å². The number of anilines is 1. The van der Waals surface area contributed by atoms with Gasteiger partial charge in [-0.3, -0.25) is 0 Å². The van der Waals surface area contributed by atoms with E-state index in [2.05, 4.69) is 31.0 Å². The van der Waals surface area contributed by atoms with Crippen molar-refractivity contribution < 1.29 is 4.74 Å². The minimum atomic E-state index is 0.558. The first kappa shape index (κ1) is 15.5. The smallest absolute Gasteiger partial charge is 0.216 e. The molecule has 5 rings (SSSR count). The van der Waals surface area contributed by atoms with Gasteiger partial charge in [0.1, 0.15) is 12.1 Å². The fraction of sp³-hybridized carbons (Fsp3) is 0.474. The number of ether oxygens (including phenoxy) is 1. The number of imidazole rings is 1. The fourth-order valence-corrected chi connectivity index (χ4v) is 3.54. The zero-order valence-corrected chi connectivity index (χ0v) is 14.7. The molecule has 0 aromatic carbocycles. The molecule has 0 N–H and O–H groups in total. The van der Waals surface area contributed by atoms with Gasteiger partial charge in [0, 0.05) is 37.5 Å². The van der Waals surface area contributed by atoms with Gasteiger partial charge in [0.15, 0.2) is 5.65 Å². The van der Waals surface area contributed by atoms with Gasteiger partial charge < -0.3 is 9.64 Å². The Morgan fingerprint density at radius 3 is 2.77 bits per heavy atom. The van der Waals surface area contributed by atoms with Gasteiger partial charge in [-0.05, 0) is 43.7 Å². The van der Waals surface area contributed by atoms with E-state index in [0.29, 0.717) is 11.8 Å². The van der Waals surface area contributed by atoms with Crippen LogP contribution in [0.5, 0.6) is 5.88 Å². The largest absolute Gasteiger partial charge is 0.477 e. The molecule has 0 radical (unpaired) electrons. The fourth-order valence-electron chi connectivity index (χ4n) is 3.54. The summed E-state index contributed by atoms with van der Waals surface area (Å²) in [6.07, 6.45) is 9.98. The Hall–Kier alpha value is -2.70. The third-order valence-corrected chi connectivity index (χ3v) is 5.31. The lowest BCUT2D eigenvalue weighted by Crippen LogP contribution is -2.36. The van der Waals surface area contributed by atoms with Gasteiger partial charge in [0.25, 0.3) is 0 Å². The lowest BCUT2D eigenvalue weighted by molar-refractivity contribution is 0.215. The topological polar surface area (TPSA) is 68.4 Å². The first-order chi connectivity index (χ1) is 12.8. The summed E-state index contributed by atoms with van der Waals surface area (Å²) in [4.78, 5) is 15.2. The lowest BCUT2D eigenvalue weighted by atomic mass is 9.98. The highest BCUT2D eigenvalue weighted by Crippen LogP contribution is 2.39. The van der Waals surface area contributed by atoms with Crippen molar-refractivity contribution >= 4 is 11.5 Å². The number of rotatable bonds is 5. The maximum absolute atomic E-state index is 5.95. The van der Waals surface area contributed by atoms with E-state index < -0.39 is 0 Å². The van der Waals surface area contributed by atoms with Crippen LogP contribution >= 0.6 is 0 Å². The van der Waals surface area contributed by atoms with Crippen molar-refractivity contribution in [2.75, 3.05) is 24.6 Å². The van der Waals surface area contributed by atoms with E-state index in [9.17, 15) is 0 Å². The zero-order chi connectivity index (χ0) is 17.3. The van der Waals surface area contributed by atoms with Crippen LogP contribution in [0.25, 0.3) is 5.65 Å². The van der Waals surface area contributed by atoms with Crippen LogP contribution < -0.4 is 9.64 Å². The summed E-state index contributed by atoms with van der Waals surface area (Å²) in [7, 11) is 0. The van der Waals surface area contributed by atoms with Gasteiger partial charge in [-0.15, -0.1) is 5.10 Å². The number of hydrogen-bond donors (Lipinski definition) is 0. The van der Waals surface area contributed by atoms with Gasteiger partial charge in [0.2, 0.25) is 5.88 Å². The molecule has 2 aliphatic rings. The Morgan fingerprint density at radius 1 is 1.04 bits per heavy atom. The summed E-state index contributed by atoms with van der Waals surface area (Å²) in [5, 5.41) is 4.64. The third kappa shape index (κ3) is 3.21. The van der Waals surface area contributed by atoms with Crippen LogP contribution in [0.1, 0.15) is 37.3 Å². The van der Waals surface area contributed by atoms with Gasteiger partial charge in [-0.25, -0.2) is 19.5 Å². The molecule has 3 aromatic heterocycles. The van der Waals surface area contributed by atoms with Crippen LogP contribution in [0.2, 0.25) is 0 Å². The normalized spacial score (nSPS) is 18.4. The van der Waals surface area contributed by atoms with Crippen LogP contribution in [0.4, 0.5) is 5.82 Å². The monoisotopic (exact) mass is 350 g/mol. The molecule has 0 bridgehead atoms. The first-order valence-corrected chi connectivity index (χ1v) is 9.35. The highest BCUT2D eigenvalue weighted by Gasteiger charge is 2.26. The lowest BCUT2D eigenvalue weighted by Gasteiger charge is -2.32. The van der Waals surface area contributed by atoms with Crippen LogP contribution in [0.15, 0.2) is 36.9 Å². The third-order valence-electron chi connectivity index (χ3n) is 5.31. The first-order valence-electron chi connectivity index (χ1n) is 9.35. The summed E-state index contributed by atoms with van der Waals surface area (Å²) in [5.41, 5.74) is 2.01.